The van der Waals surface area contributed by atoms with Crippen LogP contribution in [0.4, 0.5) is 0 Å². The van der Waals surface area contributed by atoms with Crippen LogP contribution in [0.1, 0.15) is 33.1 Å². The zero-order valence-electron chi connectivity index (χ0n) is 8.94. The number of rotatable bonds is 3. The molecule has 0 aliphatic carbocycles. The molecule has 1 fully saturated rings. The van der Waals surface area contributed by atoms with Gasteiger partial charge in [0.1, 0.15) is 0 Å². The van der Waals surface area contributed by atoms with E-state index in [9.17, 15) is 8.42 Å². The van der Waals surface area contributed by atoms with Gasteiger partial charge in [-0.1, -0.05) is 6.42 Å². The lowest BCUT2D eigenvalue weighted by Crippen LogP contribution is -2.49. The minimum absolute atomic E-state index is 0.0242. The van der Waals surface area contributed by atoms with Crippen LogP contribution in [0.5, 0.6) is 0 Å². The molecule has 1 unspecified atom stereocenters. The summed E-state index contributed by atoms with van der Waals surface area (Å²) in [7, 11) is -3.11. The van der Waals surface area contributed by atoms with Crippen LogP contribution in [0, 0.1) is 0 Å². The number of hydrogen-bond acceptors (Lipinski definition) is 3. The molecule has 2 N–H and O–H groups in total. The van der Waals surface area contributed by atoms with Gasteiger partial charge in [0.15, 0.2) is 0 Å². The number of nitrogens with two attached hydrogens (primary N) is 1. The van der Waals surface area contributed by atoms with Gasteiger partial charge in [0.25, 0.3) is 0 Å². The fraction of sp³-hybridized carbons (Fsp3) is 1.00. The quantitative estimate of drug-likeness (QED) is 0.755. The molecule has 1 aliphatic heterocycles. The predicted molar refractivity (Wildman–Crippen MR) is 57.5 cm³/mol. The maximum Gasteiger partial charge on any atom is 0.216 e. The molecule has 5 heteroatoms. The van der Waals surface area contributed by atoms with Crippen LogP contribution in [0.25, 0.3) is 0 Å². The largest absolute Gasteiger partial charge is 0.329 e. The molecule has 1 heterocycles. The maximum atomic E-state index is 11.9. The summed E-state index contributed by atoms with van der Waals surface area (Å²) in [5.74, 6) is 0. The van der Waals surface area contributed by atoms with E-state index in [0.717, 1.165) is 19.3 Å². The Morgan fingerprint density at radius 2 is 2.07 bits per heavy atom. The SMILES string of the molecule is CC(C)S(=O)(=O)N1CCCCC1CN. The summed E-state index contributed by atoms with van der Waals surface area (Å²) in [4.78, 5) is 0. The molecule has 0 bridgehead atoms. The molecule has 0 saturated carbocycles. The normalized spacial score (nSPS) is 25.6. The molecule has 1 atom stereocenters. The monoisotopic (exact) mass is 220 g/mol. The summed E-state index contributed by atoms with van der Waals surface area (Å²) >= 11 is 0. The van der Waals surface area contributed by atoms with Crippen molar-refractivity contribution in [2.45, 2.75) is 44.4 Å². The Balaban J connectivity index is 2.83. The first-order valence-corrected chi connectivity index (χ1v) is 6.71. The second-order valence-corrected chi connectivity index (χ2v) is 6.53. The zero-order valence-corrected chi connectivity index (χ0v) is 9.76. The minimum Gasteiger partial charge on any atom is -0.329 e. The van der Waals surface area contributed by atoms with Gasteiger partial charge in [0.05, 0.1) is 5.25 Å². The van der Waals surface area contributed by atoms with Crippen molar-refractivity contribution in [1.82, 2.24) is 4.31 Å². The number of piperidine rings is 1. The fourth-order valence-corrected chi connectivity index (χ4v) is 3.35. The highest BCUT2D eigenvalue weighted by atomic mass is 32.2. The molecular weight excluding hydrogens is 200 g/mol. The van der Waals surface area contributed by atoms with Gasteiger partial charge in [-0.25, -0.2) is 8.42 Å². The van der Waals surface area contributed by atoms with Crippen LogP contribution in [-0.4, -0.2) is 37.1 Å². The zero-order chi connectivity index (χ0) is 10.8. The lowest BCUT2D eigenvalue weighted by molar-refractivity contribution is 0.256. The van der Waals surface area contributed by atoms with Crippen LogP contribution in [0.3, 0.4) is 0 Å². The van der Waals surface area contributed by atoms with Gasteiger partial charge in [-0.2, -0.15) is 4.31 Å². The Labute approximate surface area is 86.5 Å². The van der Waals surface area contributed by atoms with Gasteiger partial charge in [-0.15, -0.1) is 0 Å². The van der Waals surface area contributed by atoms with Crippen LogP contribution in [0.2, 0.25) is 0 Å². The highest BCUT2D eigenvalue weighted by molar-refractivity contribution is 7.89. The van der Waals surface area contributed by atoms with Gasteiger partial charge in [0.2, 0.25) is 10.0 Å². The first-order chi connectivity index (χ1) is 6.50. The van der Waals surface area contributed by atoms with Crippen molar-refractivity contribution < 1.29 is 8.42 Å². The Kier molecular flexibility index (Phi) is 3.92. The molecule has 0 amide bonds. The van der Waals surface area contributed by atoms with Gasteiger partial charge in [0, 0.05) is 19.1 Å². The third-order valence-electron chi connectivity index (χ3n) is 2.77. The molecule has 1 rings (SSSR count). The van der Waals surface area contributed by atoms with Crippen molar-refractivity contribution in [3.8, 4) is 0 Å². The summed E-state index contributed by atoms with van der Waals surface area (Å²) in [5, 5.41) is -0.338. The van der Waals surface area contributed by atoms with Crippen molar-refractivity contribution in [1.29, 1.82) is 0 Å². The highest BCUT2D eigenvalue weighted by Gasteiger charge is 2.33. The van der Waals surface area contributed by atoms with E-state index in [1.54, 1.807) is 18.2 Å². The van der Waals surface area contributed by atoms with E-state index in [0.29, 0.717) is 13.1 Å². The van der Waals surface area contributed by atoms with Gasteiger partial charge >= 0.3 is 0 Å². The van der Waals surface area contributed by atoms with Gasteiger partial charge < -0.3 is 5.73 Å². The first-order valence-electron chi connectivity index (χ1n) is 5.21. The van der Waals surface area contributed by atoms with E-state index in [-0.39, 0.29) is 11.3 Å². The van der Waals surface area contributed by atoms with E-state index in [4.69, 9.17) is 5.73 Å². The Morgan fingerprint density at radius 3 is 2.57 bits per heavy atom. The molecule has 0 aromatic heterocycles. The van der Waals surface area contributed by atoms with E-state index < -0.39 is 10.0 Å². The second-order valence-electron chi connectivity index (χ2n) is 4.09. The van der Waals surface area contributed by atoms with Crippen LogP contribution in [0.15, 0.2) is 0 Å². The molecule has 0 radical (unpaired) electrons. The third kappa shape index (κ3) is 2.27. The smallest absolute Gasteiger partial charge is 0.216 e. The Bertz CT molecular complexity index is 275. The minimum atomic E-state index is -3.11. The van der Waals surface area contributed by atoms with Crippen molar-refractivity contribution in [2.75, 3.05) is 13.1 Å². The number of hydrogen-bond donors (Lipinski definition) is 1. The van der Waals surface area contributed by atoms with Crippen molar-refractivity contribution in [3.63, 3.8) is 0 Å². The topological polar surface area (TPSA) is 63.4 Å². The second kappa shape index (κ2) is 4.59. The number of sulfonamides is 1. The van der Waals surface area contributed by atoms with E-state index in [1.165, 1.54) is 0 Å². The molecule has 1 saturated heterocycles. The molecular formula is C9H20N2O2S. The van der Waals surface area contributed by atoms with E-state index in [2.05, 4.69) is 0 Å². The average Bonchev–Trinajstić information content (AvgIpc) is 2.17. The van der Waals surface area contributed by atoms with E-state index >= 15 is 0 Å². The summed E-state index contributed by atoms with van der Waals surface area (Å²) in [5.41, 5.74) is 5.58. The van der Waals surface area contributed by atoms with Gasteiger partial charge in [-0.05, 0) is 26.7 Å². The molecule has 0 aromatic carbocycles. The van der Waals surface area contributed by atoms with E-state index in [1.807, 2.05) is 0 Å². The maximum absolute atomic E-state index is 11.9. The summed E-state index contributed by atoms with van der Waals surface area (Å²) in [6, 6.07) is 0.0242. The van der Waals surface area contributed by atoms with Gasteiger partial charge in [-0.3, -0.25) is 0 Å². The first kappa shape index (κ1) is 11.9. The lowest BCUT2D eigenvalue weighted by Gasteiger charge is -2.35. The molecule has 0 spiro atoms. The highest BCUT2D eigenvalue weighted by Crippen LogP contribution is 2.21. The molecule has 0 aromatic rings. The fourth-order valence-electron chi connectivity index (χ4n) is 1.82. The van der Waals surface area contributed by atoms with Crippen LogP contribution >= 0.6 is 0 Å². The molecule has 84 valence electrons. The van der Waals surface area contributed by atoms with Crippen molar-refractivity contribution >= 4 is 10.0 Å². The Hall–Kier alpha value is -0.130. The summed E-state index contributed by atoms with van der Waals surface area (Å²) in [6.07, 6.45) is 2.96. The molecule has 14 heavy (non-hydrogen) atoms. The standard InChI is InChI=1S/C9H20N2O2S/c1-8(2)14(12,13)11-6-4-3-5-9(11)7-10/h8-9H,3-7,10H2,1-2H3. The van der Waals surface area contributed by atoms with Crippen LogP contribution < -0.4 is 5.73 Å². The predicted octanol–water partition coefficient (Wildman–Crippen LogP) is 0.538. The summed E-state index contributed by atoms with van der Waals surface area (Å²) in [6.45, 7) is 4.52. The third-order valence-corrected chi connectivity index (χ3v) is 5.09. The Morgan fingerprint density at radius 1 is 1.43 bits per heavy atom. The average molecular weight is 220 g/mol. The summed E-state index contributed by atoms with van der Waals surface area (Å²) < 4.78 is 25.4. The lowest BCUT2D eigenvalue weighted by atomic mass is 10.1. The van der Waals surface area contributed by atoms with Crippen molar-refractivity contribution in [3.05, 3.63) is 0 Å². The van der Waals surface area contributed by atoms with Crippen LogP contribution in [-0.2, 0) is 10.0 Å². The molecule has 4 nitrogen and oxygen atoms in total. The van der Waals surface area contributed by atoms with Crippen molar-refractivity contribution in [2.24, 2.45) is 5.73 Å². The molecule has 1 aliphatic rings. The number of nitrogens with zero attached hydrogens (tertiary/aromatic N) is 1.